The van der Waals surface area contributed by atoms with Crippen LogP contribution in [0.15, 0.2) is 11.1 Å². The molecular formula is C31H52O2. The second-order valence-electron chi connectivity index (χ2n) is 15.1. The van der Waals surface area contributed by atoms with E-state index in [1.54, 1.807) is 0 Å². The lowest BCUT2D eigenvalue weighted by Crippen LogP contribution is -2.58. The predicted octanol–water partition coefficient (Wildman–Crippen LogP) is 7.94. The molecule has 5 aliphatic carbocycles. The van der Waals surface area contributed by atoms with E-state index in [0.717, 1.165) is 18.3 Å². The van der Waals surface area contributed by atoms with Crippen LogP contribution in [0, 0.1) is 44.8 Å². The lowest BCUT2D eigenvalue weighted by atomic mass is 9.42. The molecule has 2 heteroatoms. The third kappa shape index (κ3) is 3.24. The summed E-state index contributed by atoms with van der Waals surface area (Å²) in [4.78, 5) is 0. The highest BCUT2D eigenvalue weighted by molar-refractivity contribution is 5.32. The Morgan fingerprint density at radius 1 is 0.727 bits per heavy atom. The van der Waals surface area contributed by atoms with E-state index < -0.39 is 0 Å². The van der Waals surface area contributed by atoms with Crippen molar-refractivity contribution in [2.45, 2.75) is 131 Å². The van der Waals surface area contributed by atoms with E-state index in [-0.39, 0.29) is 16.9 Å². The third-order valence-corrected chi connectivity index (χ3v) is 13.0. The van der Waals surface area contributed by atoms with Gasteiger partial charge in [0, 0.05) is 7.11 Å². The molecule has 2 nitrogen and oxygen atoms in total. The van der Waals surface area contributed by atoms with E-state index in [4.69, 9.17) is 4.74 Å². The van der Waals surface area contributed by atoms with Crippen molar-refractivity contribution in [3.05, 3.63) is 11.1 Å². The van der Waals surface area contributed by atoms with Gasteiger partial charge in [-0.25, -0.2) is 0 Å². The summed E-state index contributed by atoms with van der Waals surface area (Å²) in [5, 5.41) is 10.9. The minimum Gasteiger partial charge on any atom is -0.393 e. The number of hydrogen-bond acceptors (Lipinski definition) is 2. The van der Waals surface area contributed by atoms with Gasteiger partial charge in [-0.15, -0.1) is 0 Å². The molecule has 0 aromatic carbocycles. The fourth-order valence-electron chi connectivity index (χ4n) is 11.3. The van der Waals surface area contributed by atoms with Crippen molar-refractivity contribution in [1.29, 1.82) is 0 Å². The number of allylic oxidation sites excluding steroid dienone is 2. The van der Waals surface area contributed by atoms with Gasteiger partial charge < -0.3 is 9.84 Å². The highest BCUT2D eigenvalue weighted by Gasteiger charge is 2.62. The van der Waals surface area contributed by atoms with Gasteiger partial charge in [-0.3, -0.25) is 0 Å². The molecule has 3 fully saturated rings. The molecule has 0 spiro atoms. The number of aliphatic hydroxyl groups excluding tert-OH is 1. The van der Waals surface area contributed by atoms with Gasteiger partial charge in [-0.2, -0.15) is 0 Å². The fourth-order valence-corrected chi connectivity index (χ4v) is 11.3. The summed E-state index contributed by atoms with van der Waals surface area (Å²) in [5.41, 5.74) is 5.21. The average Bonchev–Trinajstić information content (AvgIpc) is 2.88. The van der Waals surface area contributed by atoms with Crippen molar-refractivity contribution < 1.29 is 9.84 Å². The van der Waals surface area contributed by atoms with Crippen LogP contribution >= 0.6 is 0 Å². The van der Waals surface area contributed by atoms with E-state index in [0.29, 0.717) is 28.3 Å². The Morgan fingerprint density at radius 3 is 2.12 bits per heavy atom. The van der Waals surface area contributed by atoms with Crippen LogP contribution < -0.4 is 0 Å². The van der Waals surface area contributed by atoms with E-state index in [2.05, 4.69) is 48.5 Å². The second-order valence-corrected chi connectivity index (χ2v) is 15.1. The maximum Gasteiger partial charge on any atom is 0.0625 e. The molecule has 0 bridgehead atoms. The van der Waals surface area contributed by atoms with Crippen LogP contribution in [0.5, 0.6) is 0 Å². The maximum absolute atomic E-state index is 10.9. The van der Waals surface area contributed by atoms with Crippen LogP contribution in [-0.4, -0.2) is 24.4 Å². The molecule has 0 aliphatic heterocycles. The van der Waals surface area contributed by atoms with Gasteiger partial charge >= 0.3 is 0 Å². The molecule has 3 saturated carbocycles. The lowest BCUT2D eigenvalue weighted by Gasteiger charge is -2.63. The Labute approximate surface area is 204 Å². The van der Waals surface area contributed by atoms with Gasteiger partial charge in [0.15, 0.2) is 0 Å². The highest BCUT2D eigenvalue weighted by Crippen LogP contribution is 2.70. The summed E-state index contributed by atoms with van der Waals surface area (Å²) in [6.07, 6.45) is 14.3. The zero-order valence-corrected chi connectivity index (χ0v) is 23.0. The Kier molecular flexibility index (Phi) is 5.60. The van der Waals surface area contributed by atoms with Crippen molar-refractivity contribution in [1.82, 2.24) is 0 Å². The van der Waals surface area contributed by atoms with Crippen LogP contribution in [0.1, 0.15) is 119 Å². The molecule has 0 aromatic rings. The number of methoxy groups -OCH3 is 1. The topological polar surface area (TPSA) is 29.5 Å². The summed E-state index contributed by atoms with van der Waals surface area (Å²) in [5.74, 6) is 2.18. The molecule has 0 radical (unpaired) electrons. The minimum absolute atomic E-state index is 0.0489. The quantitative estimate of drug-likeness (QED) is 0.406. The van der Waals surface area contributed by atoms with E-state index >= 15 is 0 Å². The molecule has 1 N–H and O–H groups in total. The fraction of sp³-hybridized carbons (Fsp3) is 0.935. The van der Waals surface area contributed by atoms with Crippen LogP contribution in [0.4, 0.5) is 0 Å². The minimum atomic E-state index is -0.130. The third-order valence-electron chi connectivity index (χ3n) is 13.0. The van der Waals surface area contributed by atoms with Crippen LogP contribution in [-0.2, 0) is 4.74 Å². The number of fused-ring (bicyclic) bond motifs is 5. The normalized spacial score (nSPS) is 51.0. The summed E-state index contributed by atoms with van der Waals surface area (Å²) >= 11 is 0. The Morgan fingerprint density at radius 2 is 1.42 bits per heavy atom. The van der Waals surface area contributed by atoms with Crippen molar-refractivity contribution in [2.75, 3.05) is 7.11 Å². The zero-order valence-electron chi connectivity index (χ0n) is 23.0. The maximum atomic E-state index is 10.9. The van der Waals surface area contributed by atoms with Crippen molar-refractivity contribution in [2.24, 2.45) is 44.8 Å². The molecule has 0 saturated heterocycles. The van der Waals surface area contributed by atoms with Gasteiger partial charge in [0.25, 0.3) is 0 Å². The molecular weight excluding hydrogens is 404 g/mol. The van der Waals surface area contributed by atoms with Crippen LogP contribution in [0.3, 0.4) is 0 Å². The van der Waals surface area contributed by atoms with Crippen molar-refractivity contribution >= 4 is 0 Å². The van der Waals surface area contributed by atoms with E-state index in [1.807, 2.05) is 18.3 Å². The van der Waals surface area contributed by atoms with E-state index in [9.17, 15) is 5.11 Å². The molecule has 0 heterocycles. The molecule has 8 atom stereocenters. The van der Waals surface area contributed by atoms with Gasteiger partial charge in [0.2, 0.25) is 0 Å². The standard InChI is InChI=1S/C31H52O2/c1-27(2)23-13-16-29(5)19-20-9-11-22-28(3,4)26(33-8)15-18-30(22,6)21(20)10-12-24(29)31(23,7)17-14-25(27)32/h22-26,32H,9-19H2,1-8H3/t22-,23-,24-,25-,26-,29-,30+,31-/m0/s1. The molecule has 5 aliphatic rings. The molecule has 188 valence electrons. The summed E-state index contributed by atoms with van der Waals surface area (Å²) < 4.78 is 6.02. The first-order valence-electron chi connectivity index (χ1n) is 14.2. The Bertz CT molecular complexity index is 823. The SMILES string of the molecule is CO[C@H]1CC[C@]2(C)C3=C(CC[C@H]2C1(C)C)C[C@]1(C)CC[C@H]2C(C)(C)[C@@H](O)CC[C@]2(C)[C@H]1CC3. The summed E-state index contributed by atoms with van der Waals surface area (Å²) in [6, 6.07) is 0. The second kappa shape index (κ2) is 7.58. The first kappa shape index (κ1) is 24.4. The average molecular weight is 457 g/mol. The Hall–Kier alpha value is -0.340. The Balaban J connectivity index is 1.49. The molecule has 0 aromatic heterocycles. The van der Waals surface area contributed by atoms with Crippen molar-refractivity contribution in [3.63, 3.8) is 0 Å². The van der Waals surface area contributed by atoms with Gasteiger partial charge in [-0.1, -0.05) is 59.6 Å². The van der Waals surface area contributed by atoms with Crippen LogP contribution in [0.25, 0.3) is 0 Å². The smallest absolute Gasteiger partial charge is 0.0625 e. The summed E-state index contributed by atoms with van der Waals surface area (Å²) in [6.45, 7) is 17.7. The molecule has 0 unspecified atom stereocenters. The first-order chi connectivity index (χ1) is 15.3. The summed E-state index contributed by atoms with van der Waals surface area (Å²) in [7, 11) is 1.93. The largest absolute Gasteiger partial charge is 0.393 e. The van der Waals surface area contributed by atoms with Gasteiger partial charge in [0.1, 0.15) is 0 Å². The number of hydrogen-bond donors (Lipinski definition) is 1. The van der Waals surface area contributed by atoms with Gasteiger partial charge in [0.05, 0.1) is 12.2 Å². The predicted molar refractivity (Wildman–Crippen MR) is 137 cm³/mol. The van der Waals surface area contributed by atoms with E-state index in [1.165, 1.54) is 64.2 Å². The lowest BCUT2D eigenvalue weighted by molar-refractivity contribution is -0.170. The zero-order chi connectivity index (χ0) is 24.0. The number of aliphatic hydroxyl groups is 1. The molecule has 33 heavy (non-hydrogen) atoms. The van der Waals surface area contributed by atoms with Crippen LogP contribution in [0.2, 0.25) is 0 Å². The number of ether oxygens (including phenoxy) is 1. The number of rotatable bonds is 1. The van der Waals surface area contributed by atoms with Crippen molar-refractivity contribution in [3.8, 4) is 0 Å². The van der Waals surface area contributed by atoms with Gasteiger partial charge in [-0.05, 0) is 115 Å². The molecule has 0 amide bonds. The molecule has 5 rings (SSSR count). The highest BCUT2D eigenvalue weighted by atomic mass is 16.5. The first-order valence-corrected chi connectivity index (χ1v) is 14.2. The monoisotopic (exact) mass is 456 g/mol.